The first-order valence-electron chi connectivity index (χ1n) is 8.97. The molecule has 0 spiro atoms. The number of carbonyl (C=O) groups excluding carboxylic acids is 1. The second kappa shape index (κ2) is 8.42. The molecule has 0 radical (unpaired) electrons. The zero-order valence-corrected chi connectivity index (χ0v) is 16.4. The van der Waals surface area contributed by atoms with Crippen molar-refractivity contribution in [1.29, 1.82) is 0 Å². The second-order valence-electron chi connectivity index (χ2n) is 6.42. The minimum atomic E-state index is -3.91. The van der Waals surface area contributed by atoms with Crippen molar-refractivity contribution in [3.63, 3.8) is 0 Å². The van der Waals surface area contributed by atoms with E-state index in [-0.39, 0.29) is 28.4 Å². The minimum Gasteiger partial charge on any atom is -0.492 e. The Bertz CT molecular complexity index is 1020. The zero-order chi connectivity index (χ0) is 21.2. The summed E-state index contributed by atoms with van der Waals surface area (Å²) >= 11 is 0. The number of rotatable bonds is 3. The van der Waals surface area contributed by atoms with Crippen molar-refractivity contribution < 1.29 is 31.1 Å². The molecule has 0 atom stereocenters. The van der Waals surface area contributed by atoms with Crippen LogP contribution >= 0.6 is 0 Å². The third kappa shape index (κ3) is 4.38. The van der Waals surface area contributed by atoms with Gasteiger partial charge in [-0.1, -0.05) is 6.92 Å². The first-order chi connectivity index (χ1) is 13.7. The lowest BCUT2D eigenvalue weighted by molar-refractivity contribution is 0.102. The van der Waals surface area contributed by atoms with E-state index in [1.165, 1.54) is 16.4 Å². The van der Waals surface area contributed by atoms with Gasteiger partial charge in [-0.2, -0.15) is 4.31 Å². The molecule has 0 saturated carbocycles. The topological polar surface area (TPSA) is 75.7 Å². The van der Waals surface area contributed by atoms with E-state index in [9.17, 15) is 26.4 Å². The Morgan fingerprint density at radius 1 is 1.14 bits per heavy atom. The van der Waals surface area contributed by atoms with E-state index in [0.29, 0.717) is 38.1 Å². The molecule has 29 heavy (non-hydrogen) atoms. The standard InChI is InChI=1S/C19H19F3N2O4S/c1-2-24-7-3-4-8-28-16-6-5-12(9-17(16)29(24,26)27)19(25)23-13-10-14(20)18(22)15(21)11-13/h5-6,9-11H,2-4,7-8H2,1H3,(H,23,25). The Morgan fingerprint density at radius 3 is 2.48 bits per heavy atom. The van der Waals surface area contributed by atoms with Gasteiger partial charge in [-0.15, -0.1) is 0 Å². The predicted octanol–water partition coefficient (Wildman–Crippen LogP) is 3.54. The monoisotopic (exact) mass is 428 g/mol. The number of anilines is 1. The third-order valence-electron chi connectivity index (χ3n) is 4.48. The average Bonchev–Trinajstić information content (AvgIpc) is 2.73. The van der Waals surface area contributed by atoms with Crippen molar-refractivity contribution in [3.05, 3.63) is 53.3 Å². The van der Waals surface area contributed by atoms with Crippen LogP contribution in [-0.2, 0) is 10.0 Å². The first kappa shape index (κ1) is 21.1. The molecule has 3 rings (SSSR count). The summed E-state index contributed by atoms with van der Waals surface area (Å²) in [7, 11) is -3.91. The van der Waals surface area contributed by atoms with E-state index in [4.69, 9.17) is 4.74 Å². The Balaban J connectivity index is 1.97. The lowest BCUT2D eigenvalue weighted by Crippen LogP contribution is -2.32. The van der Waals surface area contributed by atoms with Crippen molar-refractivity contribution >= 4 is 21.6 Å². The molecule has 1 N–H and O–H groups in total. The summed E-state index contributed by atoms with van der Waals surface area (Å²) in [5, 5.41) is 2.23. The summed E-state index contributed by atoms with van der Waals surface area (Å²) in [5.74, 6) is -5.24. The Kier molecular flexibility index (Phi) is 6.13. The van der Waals surface area contributed by atoms with E-state index < -0.39 is 33.4 Å². The van der Waals surface area contributed by atoms with Crippen molar-refractivity contribution in [2.24, 2.45) is 0 Å². The Hall–Kier alpha value is -2.59. The van der Waals surface area contributed by atoms with Crippen LogP contribution in [0.25, 0.3) is 0 Å². The van der Waals surface area contributed by atoms with Crippen LogP contribution < -0.4 is 10.1 Å². The number of hydrogen-bond acceptors (Lipinski definition) is 4. The summed E-state index contributed by atoms with van der Waals surface area (Å²) in [5.41, 5.74) is -0.361. The van der Waals surface area contributed by atoms with Gasteiger partial charge in [0.2, 0.25) is 10.0 Å². The maximum atomic E-state index is 13.4. The molecular formula is C19H19F3N2O4S. The highest BCUT2D eigenvalue weighted by Crippen LogP contribution is 2.30. The molecule has 0 fully saturated rings. The van der Waals surface area contributed by atoms with Gasteiger partial charge in [0.15, 0.2) is 17.5 Å². The van der Waals surface area contributed by atoms with E-state index in [0.717, 1.165) is 6.07 Å². The van der Waals surface area contributed by atoms with Gasteiger partial charge in [0.05, 0.1) is 6.61 Å². The lowest BCUT2D eigenvalue weighted by Gasteiger charge is -2.20. The van der Waals surface area contributed by atoms with Crippen LogP contribution in [0.1, 0.15) is 30.1 Å². The number of nitrogens with one attached hydrogen (secondary N) is 1. The smallest absolute Gasteiger partial charge is 0.255 e. The van der Waals surface area contributed by atoms with Crippen LogP contribution in [0.2, 0.25) is 0 Å². The molecule has 1 heterocycles. The zero-order valence-electron chi connectivity index (χ0n) is 15.5. The van der Waals surface area contributed by atoms with E-state index in [1.807, 2.05) is 0 Å². The predicted molar refractivity (Wildman–Crippen MR) is 99.9 cm³/mol. The van der Waals surface area contributed by atoms with E-state index in [1.54, 1.807) is 6.92 Å². The molecule has 2 aromatic carbocycles. The van der Waals surface area contributed by atoms with Crippen molar-refractivity contribution in [2.45, 2.75) is 24.7 Å². The molecule has 156 valence electrons. The summed E-state index contributed by atoms with van der Waals surface area (Å²) in [6.07, 6.45) is 1.31. The molecule has 0 aromatic heterocycles. The third-order valence-corrected chi connectivity index (χ3v) is 6.47. The van der Waals surface area contributed by atoms with Crippen molar-refractivity contribution in [1.82, 2.24) is 4.31 Å². The van der Waals surface area contributed by atoms with Crippen LogP contribution in [-0.4, -0.2) is 38.3 Å². The molecule has 6 nitrogen and oxygen atoms in total. The summed E-state index contributed by atoms with van der Waals surface area (Å²) in [6.45, 7) is 2.63. The van der Waals surface area contributed by atoms with Gasteiger partial charge < -0.3 is 10.1 Å². The molecular weight excluding hydrogens is 409 g/mol. The molecule has 2 aromatic rings. The van der Waals surface area contributed by atoms with Gasteiger partial charge in [0, 0.05) is 36.5 Å². The van der Waals surface area contributed by atoms with Crippen LogP contribution in [0.15, 0.2) is 35.2 Å². The number of benzene rings is 2. The molecule has 0 bridgehead atoms. The fourth-order valence-corrected chi connectivity index (χ4v) is 4.61. The minimum absolute atomic E-state index is 0.0589. The number of amides is 1. The molecule has 0 unspecified atom stereocenters. The van der Waals surface area contributed by atoms with E-state index >= 15 is 0 Å². The number of ether oxygens (including phenoxy) is 1. The number of halogens is 3. The Labute approximate surface area is 166 Å². The van der Waals surface area contributed by atoms with Crippen LogP contribution in [0.3, 0.4) is 0 Å². The second-order valence-corrected chi connectivity index (χ2v) is 8.33. The number of nitrogens with zero attached hydrogens (tertiary/aromatic N) is 1. The normalized spacial score (nSPS) is 16.7. The fourth-order valence-electron chi connectivity index (χ4n) is 2.96. The molecule has 10 heteroatoms. The highest BCUT2D eigenvalue weighted by molar-refractivity contribution is 7.89. The van der Waals surface area contributed by atoms with Gasteiger partial charge in [0.25, 0.3) is 5.91 Å². The number of fused-ring (bicyclic) bond motifs is 1. The fraction of sp³-hybridized carbons (Fsp3) is 0.316. The summed E-state index contributed by atoms with van der Waals surface area (Å²) in [6, 6.07) is 5.13. The molecule has 1 aliphatic heterocycles. The maximum absolute atomic E-state index is 13.4. The Morgan fingerprint density at radius 2 is 1.83 bits per heavy atom. The van der Waals surface area contributed by atoms with Gasteiger partial charge in [0.1, 0.15) is 10.6 Å². The quantitative estimate of drug-likeness (QED) is 0.759. The van der Waals surface area contributed by atoms with Crippen molar-refractivity contribution in [2.75, 3.05) is 25.0 Å². The van der Waals surface area contributed by atoms with E-state index in [2.05, 4.69) is 5.32 Å². The summed E-state index contributed by atoms with van der Waals surface area (Å²) < 4.78 is 72.6. The van der Waals surface area contributed by atoms with Gasteiger partial charge in [-0.3, -0.25) is 4.79 Å². The highest BCUT2D eigenvalue weighted by Gasteiger charge is 2.29. The van der Waals surface area contributed by atoms with Crippen molar-refractivity contribution in [3.8, 4) is 5.75 Å². The number of sulfonamides is 1. The van der Waals surface area contributed by atoms with Crippen LogP contribution in [0, 0.1) is 17.5 Å². The molecule has 0 saturated heterocycles. The largest absolute Gasteiger partial charge is 0.492 e. The highest BCUT2D eigenvalue weighted by atomic mass is 32.2. The molecule has 1 aliphatic rings. The summed E-state index contributed by atoms with van der Waals surface area (Å²) in [4.78, 5) is 12.3. The lowest BCUT2D eigenvalue weighted by atomic mass is 10.2. The average molecular weight is 428 g/mol. The van der Waals surface area contributed by atoms with Gasteiger partial charge in [-0.05, 0) is 31.0 Å². The molecule has 1 amide bonds. The van der Waals surface area contributed by atoms with Gasteiger partial charge in [-0.25, -0.2) is 21.6 Å². The SMILES string of the molecule is CCN1CCCCOc2ccc(C(=O)Nc3cc(F)c(F)c(F)c3)cc2S1(=O)=O. The number of hydrogen-bond donors (Lipinski definition) is 1. The van der Waals surface area contributed by atoms with Gasteiger partial charge >= 0.3 is 0 Å². The van der Waals surface area contributed by atoms with Crippen LogP contribution in [0.5, 0.6) is 5.75 Å². The first-order valence-corrected chi connectivity index (χ1v) is 10.4. The molecule has 0 aliphatic carbocycles. The van der Waals surface area contributed by atoms with Crippen LogP contribution in [0.4, 0.5) is 18.9 Å². The maximum Gasteiger partial charge on any atom is 0.255 e. The number of carbonyl (C=O) groups is 1.